The Bertz CT molecular complexity index is 881. The number of carbonyl (C=O) groups is 1. The second-order valence-electron chi connectivity index (χ2n) is 5.82. The van der Waals surface area contributed by atoms with Crippen molar-refractivity contribution < 1.29 is 17.9 Å². The quantitative estimate of drug-likeness (QED) is 0.718. The molecule has 0 aromatic heterocycles. The predicted molar refractivity (Wildman–Crippen MR) is 107 cm³/mol. The third kappa shape index (κ3) is 5.45. The largest absolute Gasteiger partial charge is 0.481 e. The average molecular weight is 411 g/mol. The van der Waals surface area contributed by atoms with E-state index >= 15 is 0 Å². The van der Waals surface area contributed by atoms with Gasteiger partial charge in [-0.3, -0.25) is 4.79 Å². The topological polar surface area (TPSA) is 75.7 Å². The van der Waals surface area contributed by atoms with Gasteiger partial charge in [0, 0.05) is 23.8 Å². The van der Waals surface area contributed by atoms with Crippen LogP contribution in [0.4, 0.5) is 5.69 Å². The zero-order valence-corrected chi connectivity index (χ0v) is 17.0. The van der Waals surface area contributed by atoms with Gasteiger partial charge in [-0.25, -0.2) is 8.42 Å². The first-order chi connectivity index (χ1) is 12.8. The molecule has 1 unspecified atom stereocenters. The van der Waals surface area contributed by atoms with Crippen LogP contribution >= 0.6 is 11.6 Å². The number of nitrogens with one attached hydrogen (secondary N) is 1. The van der Waals surface area contributed by atoms with Crippen LogP contribution in [0.5, 0.6) is 5.75 Å². The highest BCUT2D eigenvalue weighted by atomic mass is 35.5. The van der Waals surface area contributed by atoms with Crippen molar-refractivity contribution in [3.8, 4) is 5.75 Å². The summed E-state index contributed by atoms with van der Waals surface area (Å²) in [6.45, 7) is 5.92. The van der Waals surface area contributed by atoms with Gasteiger partial charge < -0.3 is 10.1 Å². The van der Waals surface area contributed by atoms with Crippen molar-refractivity contribution in [2.24, 2.45) is 0 Å². The van der Waals surface area contributed by atoms with E-state index in [2.05, 4.69) is 5.32 Å². The molecule has 1 N–H and O–H groups in total. The molecule has 0 radical (unpaired) electrons. The van der Waals surface area contributed by atoms with E-state index in [9.17, 15) is 13.2 Å². The van der Waals surface area contributed by atoms with Crippen molar-refractivity contribution in [1.82, 2.24) is 4.31 Å². The van der Waals surface area contributed by atoms with Crippen molar-refractivity contribution in [3.05, 3.63) is 53.6 Å². The van der Waals surface area contributed by atoms with Crippen molar-refractivity contribution in [2.45, 2.75) is 31.8 Å². The number of hydrogen-bond acceptors (Lipinski definition) is 4. The third-order valence-corrected chi connectivity index (χ3v) is 6.24. The summed E-state index contributed by atoms with van der Waals surface area (Å²) in [5.74, 6) is 0.127. The number of ether oxygens (including phenoxy) is 1. The van der Waals surface area contributed by atoms with Gasteiger partial charge in [-0.1, -0.05) is 31.5 Å². The van der Waals surface area contributed by atoms with E-state index < -0.39 is 16.1 Å². The Balaban J connectivity index is 2.10. The van der Waals surface area contributed by atoms with Gasteiger partial charge in [-0.2, -0.15) is 4.31 Å². The lowest BCUT2D eigenvalue weighted by Crippen LogP contribution is -2.31. The van der Waals surface area contributed by atoms with Crippen molar-refractivity contribution in [2.75, 3.05) is 18.4 Å². The van der Waals surface area contributed by atoms with Gasteiger partial charge in [-0.15, -0.1) is 0 Å². The van der Waals surface area contributed by atoms with Crippen molar-refractivity contribution in [1.29, 1.82) is 0 Å². The van der Waals surface area contributed by atoms with E-state index in [0.717, 1.165) is 0 Å². The summed E-state index contributed by atoms with van der Waals surface area (Å²) in [4.78, 5) is 12.5. The Hall–Kier alpha value is -2.09. The molecule has 8 heteroatoms. The molecular weight excluding hydrogens is 388 g/mol. The molecule has 2 aromatic rings. The Labute approximate surface area is 165 Å². The number of anilines is 1. The first kappa shape index (κ1) is 21.2. The predicted octanol–water partition coefficient (Wildman–Crippen LogP) is 3.78. The molecule has 27 heavy (non-hydrogen) atoms. The van der Waals surface area contributed by atoms with Gasteiger partial charge in [-0.05, 0) is 49.4 Å². The molecule has 0 spiro atoms. The minimum Gasteiger partial charge on any atom is -0.481 e. The lowest BCUT2D eigenvalue weighted by atomic mass is 10.3. The van der Waals surface area contributed by atoms with E-state index in [1.807, 2.05) is 0 Å². The van der Waals surface area contributed by atoms with Crippen LogP contribution in [0.25, 0.3) is 0 Å². The number of benzene rings is 2. The summed E-state index contributed by atoms with van der Waals surface area (Å²) >= 11 is 5.83. The van der Waals surface area contributed by atoms with Crippen LogP contribution in [0.1, 0.15) is 20.8 Å². The molecule has 2 aromatic carbocycles. The Morgan fingerprint density at radius 3 is 2.37 bits per heavy atom. The highest BCUT2D eigenvalue weighted by Crippen LogP contribution is 2.21. The molecule has 146 valence electrons. The highest BCUT2D eigenvalue weighted by Gasteiger charge is 2.22. The van der Waals surface area contributed by atoms with Gasteiger partial charge in [0.15, 0.2) is 6.10 Å². The van der Waals surface area contributed by atoms with Crippen LogP contribution in [0, 0.1) is 0 Å². The molecule has 0 bridgehead atoms. The van der Waals surface area contributed by atoms with E-state index in [1.165, 1.54) is 16.4 Å². The summed E-state index contributed by atoms with van der Waals surface area (Å²) in [6.07, 6.45) is -0.769. The summed E-state index contributed by atoms with van der Waals surface area (Å²) in [5.41, 5.74) is 0.389. The van der Waals surface area contributed by atoms with Gasteiger partial charge in [0.05, 0.1) is 4.90 Å². The summed E-state index contributed by atoms with van der Waals surface area (Å²) < 4.78 is 32.2. The van der Waals surface area contributed by atoms with Crippen molar-refractivity contribution in [3.63, 3.8) is 0 Å². The molecule has 0 saturated carbocycles. The SMILES string of the molecule is CCN(CC)S(=O)(=O)c1cccc(NC(=O)C(C)Oc2ccc(Cl)cc2)c1. The lowest BCUT2D eigenvalue weighted by Gasteiger charge is -2.19. The maximum atomic E-state index is 12.6. The average Bonchev–Trinajstić information content (AvgIpc) is 2.64. The van der Waals surface area contributed by atoms with Crippen LogP contribution in [-0.4, -0.2) is 37.8 Å². The first-order valence-electron chi connectivity index (χ1n) is 8.61. The van der Waals surface area contributed by atoms with Gasteiger partial charge >= 0.3 is 0 Å². The van der Waals surface area contributed by atoms with Gasteiger partial charge in [0.2, 0.25) is 10.0 Å². The monoisotopic (exact) mass is 410 g/mol. The second-order valence-corrected chi connectivity index (χ2v) is 8.19. The summed E-state index contributed by atoms with van der Waals surface area (Å²) in [7, 11) is -3.59. The van der Waals surface area contributed by atoms with Crippen LogP contribution in [0.3, 0.4) is 0 Å². The zero-order chi connectivity index (χ0) is 20.0. The van der Waals surface area contributed by atoms with Crippen LogP contribution < -0.4 is 10.1 Å². The minimum absolute atomic E-state index is 0.135. The molecule has 1 atom stereocenters. The lowest BCUT2D eigenvalue weighted by molar-refractivity contribution is -0.122. The van der Waals surface area contributed by atoms with Crippen LogP contribution in [0.2, 0.25) is 5.02 Å². The normalized spacial score (nSPS) is 12.6. The zero-order valence-electron chi connectivity index (χ0n) is 15.5. The number of sulfonamides is 1. The van der Waals surface area contributed by atoms with E-state index in [1.54, 1.807) is 57.2 Å². The van der Waals surface area contributed by atoms with E-state index in [-0.39, 0.29) is 10.8 Å². The highest BCUT2D eigenvalue weighted by molar-refractivity contribution is 7.89. The smallest absolute Gasteiger partial charge is 0.265 e. The third-order valence-electron chi connectivity index (χ3n) is 3.94. The molecule has 0 saturated heterocycles. The fourth-order valence-corrected chi connectivity index (χ4v) is 4.09. The fourth-order valence-electron chi connectivity index (χ4n) is 2.46. The first-order valence-corrected chi connectivity index (χ1v) is 10.4. The Kier molecular flexibility index (Phi) is 7.24. The van der Waals surface area contributed by atoms with E-state index in [0.29, 0.717) is 29.5 Å². The number of rotatable bonds is 8. The Morgan fingerprint density at radius 2 is 1.78 bits per heavy atom. The standard InChI is InChI=1S/C19H23ClN2O4S/c1-4-22(5-2)27(24,25)18-8-6-7-16(13-18)21-19(23)14(3)26-17-11-9-15(20)10-12-17/h6-14H,4-5H2,1-3H3,(H,21,23). The second kappa shape index (κ2) is 9.21. The van der Waals surface area contributed by atoms with Crippen LogP contribution in [-0.2, 0) is 14.8 Å². The van der Waals surface area contributed by atoms with Crippen molar-refractivity contribution >= 4 is 33.2 Å². The molecule has 0 aliphatic rings. The number of halogens is 1. The molecule has 0 aliphatic heterocycles. The van der Waals surface area contributed by atoms with Gasteiger partial charge in [0.25, 0.3) is 5.91 Å². The Morgan fingerprint density at radius 1 is 1.15 bits per heavy atom. The van der Waals surface area contributed by atoms with Crippen LogP contribution in [0.15, 0.2) is 53.4 Å². The molecule has 6 nitrogen and oxygen atoms in total. The molecule has 2 rings (SSSR count). The number of amides is 1. The van der Waals surface area contributed by atoms with Gasteiger partial charge in [0.1, 0.15) is 5.75 Å². The number of nitrogens with zero attached hydrogens (tertiary/aromatic N) is 1. The fraction of sp³-hybridized carbons (Fsp3) is 0.316. The molecule has 0 heterocycles. The minimum atomic E-state index is -3.59. The maximum Gasteiger partial charge on any atom is 0.265 e. The summed E-state index contributed by atoms with van der Waals surface area (Å²) in [5, 5.41) is 3.26. The molecule has 0 fully saturated rings. The number of hydrogen-bond donors (Lipinski definition) is 1. The molecule has 1 amide bonds. The number of carbonyl (C=O) groups excluding carboxylic acids is 1. The maximum absolute atomic E-state index is 12.6. The molecular formula is C19H23ClN2O4S. The summed E-state index contributed by atoms with van der Waals surface area (Å²) in [6, 6.07) is 12.9. The van der Waals surface area contributed by atoms with E-state index in [4.69, 9.17) is 16.3 Å². The molecule has 0 aliphatic carbocycles.